The van der Waals surface area contributed by atoms with Gasteiger partial charge in [0.25, 0.3) is 5.56 Å². The number of aromatic nitrogens is 5. The van der Waals surface area contributed by atoms with Crippen LogP contribution in [0, 0.1) is 13.8 Å². The van der Waals surface area contributed by atoms with Gasteiger partial charge in [0.2, 0.25) is 5.82 Å². The molecule has 0 unspecified atom stereocenters. The van der Waals surface area contributed by atoms with Gasteiger partial charge in [0.1, 0.15) is 29.2 Å². The van der Waals surface area contributed by atoms with Crippen molar-refractivity contribution in [3.8, 4) is 11.1 Å². The third-order valence-electron chi connectivity index (χ3n) is 8.01. The van der Waals surface area contributed by atoms with Gasteiger partial charge >= 0.3 is 5.97 Å². The molecule has 16 heteroatoms. The maximum Gasteiger partial charge on any atom is 0.357 e. The lowest BCUT2D eigenvalue weighted by atomic mass is 9.96. The van der Waals surface area contributed by atoms with Gasteiger partial charge in [0, 0.05) is 38.2 Å². The summed E-state index contributed by atoms with van der Waals surface area (Å²) >= 11 is 0.906. The van der Waals surface area contributed by atoms with Crippen LogP contribution in [-0.4, -0.2) is 54.4 Å². The molecule has 3 aromatic heterocycles. The number of ether oxygens (including phenoxy) is 1. The zero-order valence-electron chi connectivity index (χ0n) is 28.3. The Morgan fingerprint density at radius 1 is 1.12 bits per heavy atom. The maximum absolute atomic E-state index is 13.9. The van der Waals surface area contributed by atoms with Crippen LogP contribution in [0.1, 0.15) is 65.5 Å². The van der Waals surface area contributed by atoms with E-state index in [4.69, 9.17) is 18.5 Å². The third-order valence-corrected chi connectivity index (χ3v) is 8.64. The lowest BCUT2D eigenvalue weighted by Gasteiger charge is -2.23. The highest BCUT2D eigenvalue weighted by molar-refractivity contribution is 7.96. The average molecular weight is 712 g/mol. The number of benzene rings is 2. The van der Waals surface area contributed by atoms with Gasteiger partial charge in [0.15, 0.2) is 11.3 Å². The number of carboxylic acid groups (broad SMARTS) is 1. The summed E-state index contributed by atoms with van der Waals surface area (Å²) in [5.74, 6) is 0.0217. The molecule has 3 heterocycles. The second-order valence-corrected chi connectivity index (χ2v) is 12.1. The van der Waals surface area contributed by atoms with Crippen LogP contribution in [0.4, 0.5) is 11.5 Å². The monoisotopic (exact) mass is 711 g/mol. The molecule has 0 radical (unpaired) electrons. The first-order valence-corrected chi connectivity index (χ1v) is 16.2. The molecule has 262 valence electrons. The van der Waals surface area contributed by atoms with Gasteiger partial charge in [-0.2, -0.15) is 22.9 Å². The summed E-state index contributed by atoms with van der Waals surface area (Å²) in [6.45, 7) is 8.50. The van der Waals surface area contributed by atoms with Crippen LogP contribution in [0.2, 0.25) is 0 Å². The number of hydrogen-bond donors (Lipinski definition) is 2. The lowest BCUT2D eigenvalue weighted by molar-refractivity contribution is 0.0650. The van der Waals surface area contributed by atoms with Crippen molar-refractivity contribution in [3.05, 3.63) is 86.8 Å². The quantitative estimate of drug-likeness (QED) is 0.0744. The molecule has 0 spiro atoms. The van der Waals surface area contributed by atoms with E-state index in [9.17, 15) is 19.9 Å². The van der Waals surface area contributed by atoms with Crippen LogP contribution >= 0.6 is 25.7 Å². The summed E-state index contributed by atoms with van der Waals surface area (Å²) in [5.41, 5.74) is 4.48. The smallest absolute Gasteiger partial charge is 0.357 e. The number of aryl methyl sites for hydroxylation is 3. The standard InChI is InChI=1S/C33H39N7O7S.H2S/c1-7-9-14-27-34-31-28(29(33(42)43)35-37(31)5)32(41)39(27)18-22-15-16-24(23(17-22)19-45-8-2)25-12-10-11-13-26(25)38(6)48-47-40(44)30-20(3)21(4)46-36-30;/h10-13,15-17,44H,7-9,14,18-19H2,1-6H3,(H,42,43);1H2. The van der Waals surface area contributed by atoms with E-state index in [-0.39, 0.29) is 42.6 Å². The van der Waals surface area contributed by atoms with Gasteiger partial charge in [-0.25, -0.2) is 14.5 Å². The molecule has 49 heavy (non-hydrogen) atoms. The van der Waals surface area contributed by atoms with Crippen molar-refractivity contribution >= 4 is 54.2 Å². The Hall–Kier alpha value is -4.35. The predicted octanol–water partition coefficient (Wildman–Crippen LogP) is 5.97. The van der Waals surface area contributed by atoms with Crippen LogP contribution in [0.5, 0.6) is 0 Å². The van der Waals surface area contributed by atoms with E-state index in [1.807, 2.05) is 56.4 Å². The summed E-state index contributed by atoms with van der Waals surface area (Å²) < 4.78 is 21.2. The van der Waals surface area contributed by atoms with Crippen LogP contribution in [0.15, 0.2) is 51.8 Å². The molecule has 0 amide bonds. The lowest BCUT2D eigenvalue weighted by Crippen LogP contribution is -2.27. The zero-order valence-corrected chi connectivity index (χ0v) is 30.1. The van der Waals surface area contributed by atoms with E-state index in [0.717, 1.165) is 53.0 Å². The van der Waals surface area contributed by atoms with Crippen molar-refractivity contribution in [1.29, 1.82) is 0 Å². The topological polar surface area (TPSA) is 161 Å². The maximum atomic E-state index is 13.9. The van der Waals surface area contributed by atoms with Crippen molar-refractivity contribution in [3.63, 3.8) is 0 Å². The molecule has 5 rings (SSSR count). The van der Waals surface area contributed by atoms with Gasteiger partial charge in [-0.3, -0.25) is 18.9 Å². The fourth-order valence-corrected chi connectivity index (χ4v) is 5.83. The predicted molar refractivity (Wildman–Crippen MR) is 192 cm³/mol. The number of anilines is 2. The van der Waals surface area contributed by atoms with Crippen LogP contribution in [0.3, 0.4) is 0 Å². The highest BCUT2D eigenvalue weighted by Crippen LogP contribution is 2.37. The SMILES string of the molecule is CCCCc1nc2c(c(C(=O)O)nn2C)c(=O)n1Cc1ccc(-c2ccccc2N(C)SON(O)c2noc(C)c2C)c(COCC)c1.S. The summed E-state index contributed by atoms with van der Waals surface area (Å²) in [5, 5.41) is 28.7. The number of hydrogen-bond acceptors (Lipinski definition) is 12. The normalized spacial score (nSPS) is 11.2. The van der Waals surface area contributed by atoms with Crippen LogP contribution < -0.4 is 15.1 Å². The second kappa shape index (κ2) is 16.4. The molecule has 0 saturated heterocycles. The number of unbranched alkanes of at least 4 members (excludes halogenated alkanes) is 1. The minimum atomic E-state index is -1.28. The number of aromatic carboxylic acids is 1. The van der Waals surface area contributed by atoms with E-state index in [0.29, 0.717) is 42.0 Å². The van der Waals surface area contributed by atoms with Gasteiger partial charge in [-0.1, -0.05) is 60.1 Å². The number of para-hydroxylation sites is 1. The Kier molecular flexibility index (Phi) is 12.5. The fraction of sp³-hybridized carbons (Fsp3) is 0.364. The minimum absolute atomic E-state index is 0. The molecule has 0 fully saturated rings. The largest absolute Gasteiger partial charge is 0.476 e. The highest BCUT2D eigenvalue weighted by atomic mass is 32.2. The zero-order chi connectivity index (χ0) is 34.5. The first-order valence-electron chi connectivity index (χ1n) is 15.5. The van der Waals surface area contributed by atoms with Crippen molar-refractivity contribution in [2.75, 3.05) is 23.2 Å². The molecule has 5 aromatic rings. The number of nitrogens with zero attached hydrogens (tertiary/aromatic N) is 7. The fourth-order valence-electron chi connectivity index (χ4n) is 5.35. The molecule has 2 N–H and O–H groups in total. The van der Waals surface area contributed by atoms with E-state index in [1.54, 1.807) is 29.8 Å². The van der Waals surface area contributed by atoms with Crippen LogP contribution in [-0.2, 0) is 35.6 Å². The minimum Gasteiger partial charge on any atom is -0.476 e. The Balaban J connectivity index is 0.00000541. The second-order valence-electron chi connectivity index (χ2n) is 11.3. The molecule has 0 aliphatic rings. The van der Waals surface area contributed by atoms with E-state index < -0.39 is 11.5 Å². The van der Waals surface area contributed by atoms with Gasteiger partial charge in [0.05, 0.1) is 18.8 Å². The first kappa shape index (κ1) is 37.5. The number of carboxylic acids is 1. The number of fused-ring (bicyclic) bond motifs is 1. The molecule has 14 nitrogen and oxygen atoms in total. The summed E-state index contributed by atoms with van der Waals surface area (Å²) in [4.78, 5) is 30.5. The Labute approximate surface area is 294 Å². The van der Waals surface area contributed by atoms with Crippen molar-refractivity contribution in [1.82, 2.24) is 24.5 Å². The highest BCUT2D eigenvalue weighted by Gasteiger charge is 2.24. The summed E-state index contributed by atoms with van der Waals surface area (Å²) in [6.07, 6.45) is 2.27. The molecule has 0 aliphatic heterocycles. The van der Waals surface area contributed by atoms with Crippen molar-refractivity contribution < 1.29 is 28.7 Å². The Morgan fingerprint density at radius 3 is 2.55 bits per heavy atom. The number of rotatable bonds is 15. The van der Waals surface area contributed by atoms with Gasteiger partial charge < -0.3 is 14.4 Å². The first-order chi connectivity index (χ1) is 23.0. The molecular formula is C33H41N7O7S2. The van der Waals surface area contributed by atoms with Gasteiger partial charge in [-0.05, 0) is 49.9 Å². The van der Waals surface area contributed by atoms with Crippen molar-refractivity contribution in [2.45, 2.75) is 60.1 Å². The molecule has 0 atom stereocenters. The van der Waals surface area contributed by atoms with Gasteiger partial charge in [-0.15, -0.1) is 0 Å². The summed E-state index contributed by atoms with van der Waals surface area (Å²) in [6, 6.07) is 13.7. The van der Waals surface area contributed by atoms with E-state index >= 15 is 0 Å². The molecule has 0 aliphatic carbocycles. The van der Waals surface area contributed by atoms with E-state index in [2.05, 4.69) is 17.2 Å². The Morgan fingerprint density at radius 2 is 1.88 bits per heavy atom. The Bertz CT molecular complexity index is 1990. The molecule has 0 bridgehead atoms. The van der Waals surface area contributed by atoms with E-state index in [1.165, 1.54) is 4.68 Å². The number of carbonyl (C=O) groups is 1. The van der Waals surface area contributed by atoms with Crippen LogP contribution in [0.25, 0.3) is 22.2 Å². The average Bonchev–Trinajstić information content (AvgIpc) is 3.60. The molecular weight excluding hydrogens is 671 g/mol. The summed E-state index contributed by atoms with van der Waals surface area (Å²) in [7, 11) is 3.40. The third kappa shape index (κ3) is 7.94. The molecule has 2 aromatic carbocycles. The van der Waals surface area contributed by atoms with Crippen molar-refractivity contribution in [2.24, 2.45) is 7.05 Å². The molecule has 0 saturated carbocycles.